The minimum absolute atomic E-state index is 0.0769. The van der Waals surface area contributed by atoms with E-state index in [1.54, 1.807) is 0 Å². The lowest BCUT2D eigenvalue weighted by molar-refractivity contribution is 0.0949. The molecule has 1 aliphatic rings. The van der Waals surface area contributed by atoms with Gasteiger partial charge in [-0.15, -0.1) is 0 Å². The Morgan fingerprint density at radius 1 is 1.12 bits per heavy atom. The molecule has 17 heavy (non-hydrogen) atoms. The molecule has 0 aromatic heterocycles. The molecule has 1 heteroatoms. The predicted octanol–water partition coefficient (Wildman–Crippen LogP) is 3.52. The molecule has 0 fully saturated rings. The standard InChI is InChI=1S/C16H14O/c1-11-5-4-7-13(9-11)16(17)15-10-12-6-2-3-8-14(12)15/h2-9,15H,10H2,1H3. The first-order chi connectivity index (χ1) is 8.25. The summed E-state index contributed by atoms with van der Waals surface area (Å²) in [5.41, 5.74) is 4.51. The van der Waals surface area contributed by atoms with Gasteiger partial charge in [0.15, 0.2) is 5.78 Å². The van der Waals surface area contributed by atoms with E-state index in [1.165, 1.54) is 11.1 Å². The molecule has 0 saturated heterocycles. The van der Waals surface area contributed by atoms with Gasteiger partial charge >= 0.3 is 0 Å². The first-order valence-electron chi connectivity index (χ1n) is 5.94. The van der Waals surface area contributed by atoms with Crippen LogP contribution in [0, 0.1) is 6.92 Å². The summed E-state index contributed by atoms with van der Waals surface area (Å²) < 4.78 is 0. The Balaban J connectivity index is 1.91. The first kappa shape index (κ1) is 10.3. The van der Waals surface area contributed by atoms with Crippen LogP contribution in [0.2, 0.25) is 0 Å². The Morgan fingerprint density at radius 2 is 1.94 bits per heavy atom. The Bertz CT molecular complexity index is 584. The van der Waals surface area contributed by atoms with Crippen molar-refractivity contribution in [3.05, 3.63) is 70.8 Å². The molecule has 0 N–H and O–H groups in total. The lowest BCUT2D eigenvalue weighted by Crippen LogP contribution is -2.25. The van der Waals surface area contributed by atoms with Crippen molar-refractivity contribution in [2.75, 3.05) is 0 Å². The summed E-state index contributed by atoms with van der Waals surface area (Å²) in [6.07, 6.45) is 0.892. The lowest BCUT2D eigenvalue weighted by atomic mass is 9.74. The molecular weight excluding hydrogens is 208 g/mol. The highest BCUT2D eigenvalue weighted by atomic mass is 16.1. The van der Waals surface area contributed by atoms with Gasteiger partial charge in [0, 0.05) is 5.56 Å². The van der Waals surface area contributed by atoms with Crippen molar-refractivity contribution in [2.24, 2.45) is 0 Å². The van der Waals surface area contributed by atoms with Crippen molar-refractivity contribution in [3.63, 3.8) is 0 Å². The van der Waals surface area contributed by atoms with E-state index in [9.17, 15) is 4.79 Å². The largest absolute Gasteiger partial charge is 0.293 e. The van der Waals surface area contributed by atoms with Gasteiger partial charge in [-0.25, -0.2) is 0 Å². The number of ketones is 1. The fraction of sp³-hybridized carbons (Fsp3) is 0.188. The number of fused-ring (bicyclic) bond motifs is 1. The second kappa shape index (κ2) is 3.85. The maximum absolute atomic E-state index is 12.3. The molecule has 1 nitrogen and oxygen atoms in total. The first-order valence-corrected chi connectivity index (χ1v) is 5.94. The van der Waals surface area contributed by atoms with E-state index in [2.05, 4.69) is 12.1 Å². The number of carbonyl (C=O) groups is 1. The van der Waals surface area contributed by atoms with E-state index in [0.29, 0.717) is 0 Å². The van der Waals surface area contributed by atoms with Crippen molar-refractivity contribution in [1.29, 1.82) is 0 Å². The molecule has 1 unspecified atom stereocenters. The fourth-order valence-corrected chi connectivity index (χ4v) is 2.49. The summed E-state index contributed by atoms with van der Waals surface area (Å²) in [5.74, 6) is 0.334. The van der Waals surface area contributed by atoms with Crippen LogP contribution in [0.25, 0.3) is 0 Å². The molecule has 0 aliphatic heterocycles. The van der Waals surface area contributed by atoms with Crippen LogP contribution < -0.4 is 0 Å². The van der Waals surface area contributed by atoms with E-state index < -0.39 is 0 Å². The van der Waals surface area contributed by atoms with Crippen LogP contribution in [0.5, 0.6) is 0 Å². The fourth-order valence-electron chi connectivity index (χ4n) is 2.49. The molecule has 84 valence electrons. The zero-order chi connectivity index (χ0) is 11.8. The molecule has 0 amide bonds. The molecule has 1 aliphatic carbocycles. The quantitative estimate of drug-likeness (QED) is 0.710. The maximum Gasteiger partial charge on any atom is 0.170 e. The average molecular weight is 222 g/mol. The second-order valence-electron chi connectivity index (χ2n) is 4.69. The molecule has 2 aromatic carbocycles. The van der Waals surface area contributed by atoms with Gasteiger partial charge in [0.05, 0.1) is 5.92 Å². The third-order valence-corrected chi connectivity index (χ3v) is 3.47. The van der Waals surface area contributed by atoms with E-state index >= 15 is 0 Å². The van der Waals surface area contributed by atoms with Crippen molar-refractivity contribution >= 4 is 5.78 Å². The van der Waals surface area contributed by atoms with Gasteiger partial charge in [-0.3, -0.25) is 4.79 Å². The number of aryl methyl sites for hydroxylation is 1. The number of hydrogen-bond acceptors (Lipinski definition) is 1. The smallest absolute Gasteiger partial charge is 0.170 e. The second-order valence-corrected chi connectivity index (χ2v) is 4.69. The third-order valence-electron chi connectivity index (χ3n) is 3.47. The van der Waals surface area contributed by atoms with Crippen LogP contribution in [0.3, 0.4) is 0 Å². The van der Waals surface area contributed by atoms with Gasteiger partial charge in [-0.2, -0.15) is 0 Å². The molecule has 3 rings (SSSR count). The van der Waals surface area contributed by atoms with Crippen LogP contribution in [-0.4, -0.2) is 5.78 Å². The van der Waals surface area contributed by atoms with E-state index in [1.807, 2.05) is 43.3 Å². The van der Waals surface area contributed by atoms with E-state index in [4.69, 9.17) is 0 Å². The summed E-state index contributed by atoms with van der Waals surface area (Å²) in [5, 5.41) is 0. The molecule has 0 radical (unpaired) electrons. The predicted molar refractivity (Wildman–Crippen MR) is 68.4 cm³/mol. The summed E-state index contributed by atoms with van der Waals surface area (Å²) >= 11 is 0. The maximum atomic E-state index is 12.3. The molecule has 2 aromatic rings. The Labute approximate surface area is 101 Å². The van der Waals surface area contributed by atoms with E-state index in [-0.39, 0.29) is 11.7 Å². The number of Topliss-reactive ketones (excluding diaryl/α,β-unsaturated/α-hetero) is 1. The Kier molecular flexibility index (Phi) is 2.32. The van der Waals surface area contributed by atoms with Gasteiger partial charge in [0.1, 0.15) is 0 Å². The molecular formula is C16H14O. The highest BCUT2D eigenvalue weighted by Gasteiger charge is 2.32. The van der Waals surface area contributed by atoms with Crippen LogP contribution in [0.15, 0.2) is 48.5 Å². The summed E-state index contributed by atoms with van der Waals surface area (Å²) in [4.78, 5) is 12.3. The molecule has 1 atom stereocenters. The minimum Gasteiger partial charge on any atom is -0.293 e. The van der Waals surface area contributed by atoms with Crippen LogP contribution in [0.4, 0.5) is 0 Å². The SMILES string of the molecule is Cc1cccc(C(=O)C2Cc3ccccc32)c1. The molecule has 0 spiro atoms. The monoisotopic (exact) mass is 222 g/mol. The van der Waals surface area contributed by atoms with Crippen molar-refractivity contribution in [1.82, 2.24) is 0 Å². The molecule has 0 saturated carbocycles. The van der Waals surface area contributed by atoms with Gasteiger partial charge < -0.3 is 0 Å². The van der Waals surface area contributed by atoms with Crippen molar-refractivity contribution in [3.8, 4) is 0 Å². The molecule has 0 bridgehead atoms. The van der Waals surface area contributed by atoms with Gasteiger partial charge in [-0.05, 0) is 30.5 Å². The van der Waals surface area contributed by atoms with Gasteiger partial charge in [-0.1, -0.05) is 48.0 Å². The summed E-state index contributed by atoms with van der Waals surface area (Å²) in [6, 6.07) is 16.1. The minimum atomic E-state index is 0.0769. The zero-order valence-electron chi connectivity index (χ0n) is 9.81. The normalized spacial score (nSPS) is 17.1. The lowest BCUT2D eigenvalue weighted by Gasteiger charge is -2.28. The highest BCUT2D eigenvalue weighted by molar-refractivity contribution is 6.02. The van der Waals surface area contributed by atoms with Gasteiger partial charge in [0.25, 0.3) is 0 Å². The van der Waals surface area contributed by atoms with Crippen LogP contribution >= 0.6 is 0 Å². The number of hydrogen-bond donors (Lipinski definition) is 0. The Morgan fingerprint density at radius 3 is 2.71 bits per heavy atom. The average Bonchev–Trinajstić information content (AvgIpc) is 2.30. The van der Waals surface area contributed by atoms with Gasteiger partial charge in [0.2, 0.25) is 0 Å². The third kappa shape index (κ3) is 1.68. The number of benzene rings is 2. The summed E-state index contributed by atoms with van der Waals surface area (Å²) in [6.45, 7) is 2.02. The van der Waals surface area contributed by atoms with Crippen molar-refractivity contribution in [2.45, 2.75) is 19.3 Å². The van der Waals surface area contributed by atoms with Crippen molar-refractivity contribution < 1.29 is 4.79 Å². The molecule has 0 heterocycles. The zero-order valence-corrected chi connectivity index (χ0v) is 9.81. The Hall–Kier alpha value is -1.89. The number of carbonyl (C=O) groups excluding carboxylic acids is 1. The van der Waals surface area contributed by atoms with Crippen LogP contribution in [0.1, 0.15) is 33.0 Å². The topological polar surface area (TPSA) is 17.1 Å². The summed E-state index contributed by atoms with van der Waals surface area (Å²) in [7, 11) is 0. The van der Waals surface area contributed by atoms with Crippen LogP contribution in [-0.2, 0) is 6.42 Å². The highest BCUT2D eigenvalue weighted by Crippen LogP contribution is 2.37. The number of rotatable bonds is 2. The van der Waals surface area contributed by atoms with E-state index in [0.717, 1.165) is 17.5 Å².